The van der Waals surface area contributed by atoms with Crippen molar-refractivity contribution in [3.63, 3.8) is 0 Å². The summed E-state index contributed by atoms with van der Waals surface area (Å²) in [6, 6.07) is 5.54. The van der Waals surface area contributed by atoms with Crippen LogP contribution in [-0.4, -0.2) is 12.6 Å². The molecule has 0 saturated heterocycles. The molecule has 90 valence electrons. The molecule has 0 bridgehead atoms. The van der Waals surface area contributed by atoms with Crippen LogP contribution < -0.4 is 5.32 Å². The third kappa shape index (κ3) is 4.31. The first-order chi connectivity index (χ1) is 7.63. The first-order valence-corrected chi connectivity index (χ1v) is 6.12. The Morgan fingerprint density at radius 2 is 2.12 bits per heavy atom. The van der Waals surface area contributed by atoms with Gasteiger partial charge in [-0.15, -0.1) is 0 Å². The molecule has 1 nitrogen and oxygen atoms in total. The molecular formula is C14H22FN. The first kappa shape index (κ1) is 13.2. The van der Waals surface area contributed by atoms with E-state index in [0.29, 0.717) is 6.04 Å². The molecule has 0 aliphatic heterocycles. The van der Waals surface area contributed by atoms with Gasteiger partial charge in [0.1, 0.15) is 5.82 Å². The minimum absolute atomic E-state index is 0.130. The molecule has 0 saturated carbocycles. The summed E-state index contributed by atoms with van der Waals surface area (Å²) in [7, 11) is 0. The van der Waals surface area contributed by atoms with Crippen molar-refractivity contribution in [3.05, 3.63) is 35.1 Å². The molecule has 1 aromatic rings. The molecule has 1 rings (SSSR count). The van der Waals surface area contributed by atoms with Crippen molar-refractivity contribution in [2.75, 3.05) is 6.54 Å². The molecule has 0 aliphatic rings. The van der Waals surface area contributed by atoms with E-state index in [2.05, 4.69) is 19.2 Å². The second kappa shape index (κ2) is 6.64. The molecule has 0 heterocycles. The normalized spacial score (nSPS) is 12.8. The van der Waals surface area contributed by atoms with Crippen molar-refractivity contribution in [2.24, 2.45) is 0 Å². The molecule has 0 aromatic heterocycles. The summed E-state index contributed by atoms with van der Waals surface area (Å²) >= 11 is 0. The zero-order valence-electron chi connectivity index (χ0n) is 10.5. The van der Waals surface area contributed by atoms with Gasteiger partial charge in [-0.25, -0.2) is 4.39 Å². The molecule has 2 heteroatoms. The first-order valence-electron chi connectivity index (χ1n) is 6.12. The predicted molar refractivity (Wildman–Crippen MR) is 67.2 cm³/mol. The lowest BCUT2D eigenvalue weighted by Crippen LogP contribution is -2.27. The van der Waals surface area contributed by atoms with E-state index in [1.807, 2.05) is 13.0 Å². The Bertz CT molecular complexity index is 323. The molecule has 0 spiro atoms. The van der Waals surface area contributed by atoms with E-state index in [1.54, 1.807) is 6.07 Å². The summed E-state index contributed by atoms with van der Waals surface area (Å²) in [5.74, 6) is -0.130. The minimum atomic E-state index is -0.130. The standard InChI is InChI=1S/C14H22FN/c1-4-9-16-12(3)6-7-13-10-14(15)8-5-11(13)2/h5,8,10,12,16H,4,6-7,9H2,1-3H3. The Kier molecular flexibility index (Phi) is 5.47. The smallest absolute Gasteiger partial charge is 0.123 e. The molecule has 16 heavy (non-hydrogen) atoms. The van der Waals surface area contributed by atoms with Crippen molar-refractivity contribution in [2.45, 2.75) is 46.1 Å². The number of hydrogen-bond acceptors (Lipinski definition) is 1. The molecule has 1 N–H and O–H groups in total. The van der Waals surface area contributed by atoms with Crippen molar-refractivity contribution >= 4 is 0 Å². The molecule has 1 atom stereocenters. The maximum Gasteiger partial charge on any atom is 0.123 e. The van der Waals surface area contributed by atoms with E-state index < -0.39 is 0 Å². The number of hydrogen-bond donors (Lipinski definition) is 1. The van der Waals surface area contributed by atoms with Crippen LogP contribution in [0.4, 0.5) is 4.39 Å². The molecule has 0 fully saturated rings. The highest BCUT2D eigenvalue weighted by atomic mass is 19.1. The summed E-state index contributed by atoms with van der Waals surface area (Å²) in [6.45, 7) is 7.45. The van der Waals surface area contributed by atoms with Crippen LogP contribution in [0, 0.1) is 12.7 Å². The summed E-state index contributed by atoms with van der Waals surface area (Å²) in [4.78, 5) is 0. The highest BCUT2D eigenvalue weighted by molar-refractivity contribution is 5.26. The van der Waals surface area contributed by atoms with Gasteiger partial charge in [0, 0.05) is 6.04 Å². The van der Waals surface area contributed by atoms with Crippen LogP contribution in [0.2, 0.25) is 0 Å². The Morgan fingerprint density at radius 1 is 1.38 bits per heavy atom. The number of halogens is 1. The van der Waals surface area contributed by atoms with E-state index in [4.69, 9.17) is 0 Å². The predicted octanol–water partition coefficient (Wildman–Crippen LogP) is 3.45. The van der Waals surface area contributed by atoms with Gasteiger partial charge in [0.25, 0.3) is 0 Å². The molecule has 0 radical (unpaired) electrons. The zero-order valence-corrected chi connectivity index (χ0v) is 10.5. The van der Waals surface area contributed by atoms with Crippen LogP contribution in [0.25, 0.3) is 0 Å². The van der Waals surface area contributed by atoms with E-state index in [9.17, 15) is 4.39 Å². The fraction of sp³-hybridized carbons (Fsp3) is 0.571. The van der Waals surface area contributed by atoms with Gasteiger partial charge in [-0.1, -0.05) is 13.0 Å². The van der Waals surface area contributed by atoms with Crippen molar-refractivity contribution in [1.29, 1.82) is 0 Å². The third-order valence-corrected chi connectivity index (χ3v) is 2.90. The number of rotatable bonds is 6. The Hall–Kier alpha value is -0.890. The molecular weight excluding hydrogens is 201 g/mol. The third-order valence-electron chi connectivity index (χ3n) is 2.90. The monoisotopic (exact) mass is 223 g/mol. The topological polar surface area (TPSA) is 12.0 Å². The maximum atomic E-state index is 13.1. The lowest BCUT2D eigenvalue weighted by molar-refractivity contribution is 0.512. The Morgan fingerprint density at radius 3 is 2.81 bits per heavy atom. The highest BCUT2D eigenvalue weighted by Gasteiger charge is 2.04. The minimum Gasteiger partial charge on any atom is -0.314 e. The van der Waals surface area contributed by atoms with Crippen molar-refractivity contribution in [3.8, 4) is 0 Å². The number of nitrogens with one attached hydrogen (secondary N) is 1. The summed E-state index contributed by atoms with van der Waals surface area (Å²) in [5, 5.41) is 3.44. The SMILES string of the molecule is CCCNC(C)CCc1cc(F)ccc1C. The average Bonchev–Trinajstić information content (AvgIpc) is 2.27. The van der Waals surface area contributed by atoms with Gasteiger partial charge in [0.15, 0.2) is 0 Å². The molecule has 1 aromatic carbocycles. The Labute approximate surface area is 98.1 Å². The number of aryl methyl sites for hydroxylation is 2. The fourth-order valence-corrected chi connectivity index (χ4v) is 1.77. The second-order valence-electron chi connectivity index (χ2n) is 4.46. The molecule has 0 amide bonds. The van der Waals surface area contributed by atoms with Crippen LogP contribution >= 0.6 is 0 Å². The maximum absolute atomic E-state index is 13.1. The van der Waals surface area contributed by atoms with Gasteiger partial charge in [-0.05, 0) is 62.9 Å². The number of benzene rings is 1. The zero-order chi connectivity index (χ0) is 12.0. The van der Waals surface area contributed by atoms with Crippen LogP contribution in [0.15, 0.2) is 18.2 Å². The van der Waals surface area contributed by atoms with Crippen LogP contribution in [0.5, 0.6) is 0 Å². The van der Waals surface area contributed by atoms with Crippen molar-refractivity contribution < 1.29 is 4.39 Å². The fourth-order valence-electron chi connectivity index (χ4n) is 1.77. The van der Waals surface area contributed by atoms with E-state index in [0.717, 1.165) is 31.4 Å². The quantitative estimate of drug-likeness (QED) is 0.779. The van der Waals surface area contributed by atoms with Gasteiger partial charge in [0.05, 0.1) is 0 Å². The van der Waals surface area contributed by atoms with E-state index >= 15 is 0 Å². The van der Waals surface area contributed by atoms with E-state index in [-0.39, 0.29) is 5.82 Å². The largest absolute Gasteiger partial charge is 0.314 e. The second-order valence-corrected chi connectivity index (χ2v) is 4.46. The lowest BCUT2D eigenvalue weighted by Gasteiger charge is -2.13. The van der Waals surface area contributed by atoms with Crippen LogP contribution in [0.1, 0.15) is 37.8 Å². The van der Waals surface area contributed by atoms with Gasteiger partial charge < -0.3 is 5.32 Å². The van der Waals surface area contributed by atoms with E-state index in [1.165, 1.54) is 11.6 Å². The lowest BCUT2D eigenvalue weighted by atomic mass is 10.0. The summed E-state index contributed by atoms with van der Waals surface area (Å²) < 4.78 is 13.1. The summed E-state index contributed by atoms with van der Waals surface area (Å²) in [6.07, 6.45) is 3.16. The van der Waals surface area contributed by atoms with Crippen molar-refractivity contribution in [1.82, 2.24) is 5.32 Å². The van der Waals surface area contributed by atoms with Gasteiger partial charge in [-0.2, -0.15) is 0 Å². The highest BCUT2D eigenvalue weighted by Crippen LogP contribution is 2.13. The molecule has 0 aliphatic carbocycles. The molecule has 1 unspecified atom stereocenters. The van der Waals surface area contributed by atoms with Gasteiger partial charge in [0.2, 0.25) is 0 Å². The van der Waals surface area contributed by atoms with Crippen LogP contribution in [-0.2, 0) is 6.42 Å². The van der Waals surface area contributed by atoms with Gasteiger partial charge in [-0.3, -0.25) is 0 Å². The van der Waals surface area contributed by atoms with Gasteiger partial charge >= 0.3 is 0 Å². The summed E-state index contributed by atoms with van der Waals surface area (Å²) in [5.41, 5.74) is 2.31. The average molecular weight is 223 g/mol. The Balaban J connectivity index is 2.44. The van der Waals surface area contributed by atoms with Crippen LogP contribution in [0.3, 0.4) is 0 Å².